The van der Waals surface area contributed by atoms with Crippen molar-refractivity contribution in [3.63, 3.8) is 0 Å². The minimum absolute atomic E-state index is 0.0324. The van der Waals surface area contributed by atoms with Gasteiger partial charge < -0.3 is 15.7 Å². The smallest absolute Gasteiger partial charge is 0.326 e. The number of likely N-dealkylation sites (tertiary alicyclic amines) is 1. The molecule has 1 aliphatic heterocycles. The summed E-state index contributed by atoms with van der Waals surface area (Å²) in [5, 5.41) is 9.35. The number of hydrogen-bond donors (Lipinski definition) is 2. The monoisotopic (exact) mass is 256 g/mol. The molecule has 0 bridgehead atoms. The summed E-state index contributed by atoms with van der Waals surface area (Å²) in [5.74, 6) is -0.999. The Morgan fingerprint density at radius 3 is 2.61 bits per heavy atom. The number of carbonyl (C=O) groups is 2. The number of aliphatic carboxylic acids is 1. The predicted molar refractivity (Wildman–Crippen MR) is 69.0 cm³/mol. The molecule has 2 atom stereocenters. The van der Waals surface area contributed by atoms with Crippen LogP contribution in [0, 0.1) is 5.41 Å². The van der Waals surface area contributed by atoms with E-state index in [-0.39, 0.29) is 17.4 Å². The van der Waals surface area contributed by atoms with Gasteiger partial charge in [-0.15, -0.1) is 0 Å². The van der Waals surface area contributed by atoms with Crippen molar-refractivity contribution in [3.8, 4) is 0 Å². The third kappa shape index (κ3) is 3.45. The standard InChI is InChI=1S/C13H24N2O3/c1-9(14)5-6-10(16)15-8-4-7-13(2,3)11(15)12(17)18/h9,11H,4-8,14H2,1-3H3,(H,17,18). The first-order chi connectivity index (χ1) is 8.25. The average Bonchev–Trinajstić information content (AvgIpc) is 2.23. The van der Waals surface area contributed by atoms with E-state index in [9.17, 15) is 14.7 Å². The lowest BCUT2D eigenvalue weighted by Crippen LogP contribution is -2.56. The summed E-state index contributed by atoms with van der Waals surface area (Å²) in [7, 11) is 0. The number of carboxylic acid groups (broad SMARTS) is 1. The molecule has 5 nitrogen and oxygen atoms in total. The van der Waals surface area contributed by atoms with E-state index in [2.05, 4.69) is 0 Å². The van der Waals surface area contributed by atoms with Gasteiger partial charge in [-0.25, -0.2) is 4.79 Å². The van der Waals surface area contributed by atoms with Crippen molar-refractivity contribution in [2.45, 2.75) is 58.5 Å². The normalized spacial score (nSPS) is 24.7. The molecular formula is C13H24N2O3. The molecule has 104 valence electrons. The van der Waals surface area contributed by atoms with Crippen LogP contribution in [0.15, 0.2) is 0 Å². The number of piperidine rings is 1. The number of carbonyl (C=O) groups excluding carboxylic acids is 1. The minimum Gasteiger partial charge on any atom is -0.480 e. The molecule has 3 N–H and O–H groups in total. The molecule has 0 spiro atoms. The van der Waals surface area contributed by atoms with Gasteiger partial charge in [0, 0.05) is 19.0 Å². The molecule has 1 amide bonds. The van der Waals surface area contributed by atoms with Crippen LogP contribution in [0.5, 0.6) is 0 Å². The zero-order valence-corrected chi connectivity index (χ0v) is 11.5. The second kappa shape index (κ2) is 5.69. The maximum atomic E-state index is 12.1. The van der Waals surface area contributed by atoms with Gasteiger partial charge in [-0.3, -0.25) is 4.79 Å². The molecular weight excluding hydrogens is 232 g/mol. The zero-order chi connectivity index (χ0) is 13.9. The number of nitrogens with two attached hydrogens (primary N) is 1. The second-order valence-corrected chi connectivity index (χ2v) is 5.94. The summed E-state index contributed by atoms with van der Waals surface area (Å²) >= 11 is 0. The molecule has 0 aromatic carbocycles. The first-order valence-electron chi connectivity index (χ1n) is 6.53. The molecule has 0 aromatic heterocycles. The third-order valence-electron chi connectivity index (χ3n) is 3.64. The molecule has 2 unspecified atom stereocenters. The largest absolute Gasteiger partial charge is 0.480 e. The summed E-state index contributed by atoms with van der Waals surface area (Å²) in [6.45, 7) is 6.22. The van der Waals surface area contributed by atoms with Crippen LogP contribution in [0.4, 0.5) is 0 Å². The van der Waals surface area contributed by atoms with Crippen LogP contribution >= 0.6 is 0 Å². The van der Waals surface area contributed by atoms with E-state index in [0.29, 0.717) is 19.4 Å². The van der Waals surface area contributed by atoms with Crippen LogP contribution in [-0.2, 0) is 9.59 Å². The molecule has 0 aromatic rings. The number of amides is 1. The maximum absolute atomic E-state index is 12.1. The average molecular weight is 256 g/mol. The number of hydrogen-bond acceptors (Lipinski definition) is 3. The van der Waals surface area contributed by atoms with Gasteiger partial charge in [-0.1, -0.05) is 13.8 Å². The van der Waals surface area contributed by atoms with Gasteiger partial charge in [0.15, 0.2) is 0 Å². The zero-order valence-electron chi connectivity index (χ0n) is 11.5. The van der Waals surface area contributed by atoms with E-state index in [4.69, 9.17) is 5.73 Å². The summed E-state index contributed by atoms with van der Waals surface area (Å²) in [4.78, 5) is 25.0. The maximum Gasteiger partial charge on any atom is 0.326 e. The molecule has 1 saturated heterocycles. The molecule has 5 heteroatoms. The van der Waals surface area contributed by atoms with Crippen LogP contribution in [-0.4, -0.2) is 40.5 Å². The fraction of sp³-hybridized carbons (Fsp3) is 0.846. The van der Waals surface area contributed by atoms with Gasteiger partial charge >= 0.3 is 5.97 Å². The molecule has 0 aliphatic carbocycles. The van der Waals surface area contributed by atoms with Crippen molar-refractivity contribution in [2.75, 3.05) is 6.54 Å². The Morgan fingerprint density at radius 2 is 2.11 bits per heavy atom. The predicted octanol–water partition coefficient (Wildman–Crippen LogP) is 1.22. The van der Waals surface area contributed by atoms with Crippen LogP contribution in [0.25, 0.3) is 0 Å². The SMILES string of the molecule is CC(N)CCC(=O)N1CCCC(C)(C)C1C(=O)O. The van der Waals surface area contributed by atoms with E-state index in [1.54, 1.807) is 0 Å². The van der Waals surface area contributed by atoms with Crippen LogP contribution in [0.1, 0.15) is 46.5 Å². The van der Waals surface area contributed by atoms with Crippen molar-refractivity contribution >= 4 is 11.9 Å². The van der Waals surface area contributed by atoms with Crippen LogP contribution in [0.2, 0.25) is 0 Å². The van der Waals surface area contributed by atoms with Gasteiger partial charge in [-0.2, -0.15) is 0 Å². The highest BCUT2D eigenvalue weighted by Crippen LogP contribution is 2.35. The fourth-order valence-corrected chi connectivity index (χ4v) is 2.62. The van der Waals surface area contributed by atoms with E-state index < -0.39 is 12.0 Å². The Balaban J connectivity index is 2.78. The Labute approximate surface area is 108 Å². The Morgan fingerprint density at radius 1 is 1.50 bits per heavy atom. The Hall–Kier alpha value is -1.10. The molecule has 1 fully saturated rings. The highest BCUT2D eigenvalue weighted by Gasteiger charge is 2.44. The van der Waals surface area contributed by atoms with Crippen molar-refractivity contribution in [3.05, 3.63) is 0 Å². The fourth-order valence-electron chi connectivity index (χ4n) is 2.62. The Kier molecular flexibility index (Phi) is 4.73. The highest BCUT2D eigenvalue weighted by atomic mass is 16.4. The lowest BCUT2D eigenvalue weighted by Gasteiger charge is -2.44. The van der Waals surface area contributed by atoms with Crippen molar-refractivity contribution in [2.24, 2.45) is 11.1 Å². The van der Waals surface area contributed by atoms with Gasteiger partial charge in [0.25, 0.3) is 0 Å². The number of carboxylic acids is 1. The van der Waals surface area contributed by atoms with Gasteiger partial charge in [0.2, 0.25) is 5.91 Å². The summed E-state index contributed by atoms with van der Waals surface area (Å²) < 4.78 is 0. The van der Waals surface area contributed by atoms with Crippen LogP contribution in [0.3, 0.4) is 0 Å². The topological polar surface area (TPSA) is 83.6 Å². The summed E-state index contributed by atoms with van der Waals surface area (Å²) in [5.41, 5.74) is 5.26. The minimum atomic E-state index is -0.908. The Bertz CT molecular complexity index is 326. The van der Waals surface area contributed by atoms with Crippen molar-refractivity contribution < 1.29 is 14.7 Å². The molecule has 1 heterocycles. The second-order valence-electron chi connectivity index (χ2n) is 5.94. The van der Waals surface area contributed by atoms with Crippen molar-refractivity contribution in [1.82, 2.24) is 4.90 Å². The molecule has 0 radical (unpaired) electrons. The van der Waals surface area contributed by atoms with Gasteiger partial charge in [0.1, 0.15) is 6.04 Å². The lowest BCUT2D eigenvalue weighted by molar-refractivity contribution is -0.158. The quantitative estimate of drug-likeness (QED) is 0.792. The number of nitrogens with zero attached hydrogens (tertiary/aromatic N) is 1. The number of rotatable bonds is 4. The molecule has 0 saturated carbocycles. The third-order valence-corrected chi connectivity index (χ3v) is 3.64. The van der Waals surface area contributed by atoms with E-state index in [1.165, 1.54) is 4.90 Å². The van der Waals surface area contributed by atoms with Gasteiger partial charge in [0.05, 0.1) is 0 Å². The van der Waals surface area contributed by atoms with E-state index in [1.807, 2.05) is 20.8 Å². The van der Waals surface area contributed by atoms with Crippen molar-refractivity contribution in [1.29, 1.82) is 0 Å². The molecule has 1 rings (SSSR count). The van der Waals surface area contributed by atoms with Crippen LogP contribution < -0.4 is 5.73 Å². The molecule has 1 aliphatic rings. The lowest BCUT2D eigenvalue weighted by atomic mass is 9.76. The van der Waals surface area contributed by atoms with Gasteiger partial charge in [-0.05, 0) is 31.6 Å². The summed E-state index contributed by atoms with van der Waals surface area (Å²) in [6.07, 6.45) is 2.63. The summed E-state index contributed by atoms with van der Waals surface area (Å²) in [6, 6.07) is -0.748. The molecule has 18 heavy (non-hydrogen) atoms. The first kappa shape index (κ1) is 15.0. The van der Waals surface area contributed by atoms with E-state index in [0.717, 1.165) is 12.8 Å². The van der Waals surface area contributed by atoms with E-state index >= 15 is 0 Å². The first-order valence-corrected chi connectivity index (χ1v) is 6.53. The highest BCUT2D eigenvalue weighted by molar-refractivity contribution is 5.84.